The van der Waals surface area contributed by atoms with Gasteiger partial charge < -0.3 is 10.4 Å². The number of para-hydroxylation sites is 1. The predicted octanol–water partition coefficient (Wildman–Crippen LogP) is 1.50. The van der Waals surface area contributed by atoms with Crippen LogP contribution < -0.4 is 5.32 Å². The zero-order valence-corrected chi connectivity index (χ0v) is 10.1. The molecule has 1 aliphatic rings. The van der Waals surface area contributed by atoms with Gasteiger partial charge in [0.2, 0.25) is 0 Å². The maximum absolute atomic E-state index is 11.9. The van der Waals surface area contributed by atoms with Crippen LogP contribution in [-0.2, 0) is 0 Å². The molecule has 7 heteroatoms. The highest BCUT2D eigenvalue weighted by Crippen LogP contribution is 2.29. The fraction of sp³-hybridized carbons (Fsp3) is 0.364. The molecule has 0 bridgehead atoms. The van der Waals surface area contributed by atoms with Crippen LogP contribution in [0.5, 0.6) is 0 Å². The van der Waals surface area contributed by atoms with Crippen molar-refractivity contribution in [1.82, 2.24) is 5.32 Å². The number of nitro groups is 1. The summed E-state index contributed by atoms with van der Waals surface area (Å²) in [6.45, 7) is 0. The molecule has 1 aromatic carbocycles. The topological polar surface area (TPSA) is 92.5 Å². The molecule has 6 nitrogen and oxygen atoms in total. The molecule has 0 unspecified atom stereocenters. The Morgan fingerprint density at radius 3 is 2.72 bits per heavy atom. The zero-order chi connectivity index (χ0) is 13.3. The number of carbonyl (C=O) groups excluding carboxylic acids is 1. The van der Waals surface area contributed by atoms with Gasteiger partial charge in [-0.15, -0.1) is 0 Å². The first-order chi connectivity index (χ1) is 8.49. The zero-order valence-electron chi connectivity index (χ0n) is 9.30. The number of amides is 1. The number of rotatable bonds is 3. The standard InChI is InChI=1S/C11H11ClN2O4/c12-9-3-1-2-8(10(9)14(17)18)11(16)13-6-4-7(15)5-6/h1-3,6-7,15H,4-5H2,(H,13,16). The van der Waals surface area contributed by atoms with Gasteiger partial charge in [0.25, 0.3) is 5.91 Å². The number of benzene rings is 1. The molecule has 0 aromatic heterocycles. The van der Waals surface area contributed by atoms with E-state index in [0.717, 1.165) is 0 Å². The number of halogens is 1. The van der Waals surface area contributed by atoms with Crippen LogP contribution in [-0.4, -0.2) is 28.1 Å². The Morgan fingerprint density at radius 1 is 1.50 bits per heavy atom. The molecule has 1 aliphatic carbocycles. The lowest BCUT2D eigenvalue weighted by Crippen LogP contribution is -2.46. The van der Waals surface area contributed by atoms with Crippen LogP contribution in [0.15, 0.2) is 18.2 Å². The van der Waals surface area contributed by atoms with E-state index in [1.165, 1.54) is 18.2 Å². The van der Waals surface area contributed by atoms with Crippen molar-refractivity contribution in [2.45, 2.75) is 25.0 Å². The number of hydrogen-bond acceptors (Lipinski definition) is 4. The molecule has 0 spiro atoms. The summed E-state index contributed by atoms with van der Waals surface area (Å²) in [6, 6.07) is 4.07. The molecule has 0 atom stereocenters. The Bertz CT molecular complexity index is 500. The number of aliphatic hydroxyl groups excluding tert-OH is 1. The summed E-state index contributed by atoms with van der Waals surface area (Å²) in [5.74, 6) is -0.541. The molecule has 1 aromatic rings. The molecule has 0 aliphatic heterocycles. The van der Waals surface area contributed by atoms with Gasteiger partial charge in [0, 0.05) is 6.04 Å². The first kappa shape index (κ1) is 12.8. The third-order valence-corrected chi connectivity index (χ3v) is 3.17. The van der Waals surface area contributed by atoms with Gasteiger partial charge in [-0.05, 0) is 25.0 Å². The second kappa shape index (κ2) is 4.91. The Hall–Kier alpha value is -1.66. The van der Waals surface area contributed by atoms with Crippen molar-refractivity contribution in [3.8, 4) is 0 Å². The van der Waals surface area contributed by atoms with Gasteiger partial charge in [-0.2, -0.15) is 0 Å². The molecule has 18 heavy (non-hydrogen) atoms. The van der Waals surface area contributed by atoms with Gasteiger partial charge in [0.1, 0.15) is 10.6 Å². The van der Waals surface area contributed by atoms with Crippen LogP contribution in [0.4, 0.5) is 5.69 Å². The fourth-order valence-electron chi connectivity index (χ4n) is 1.85. The van der Waals surface area contributed by atoms with E-state index in [1.807, 2.05) is 0 Å². The molecule has 0 radical (unpaired) electrons. The van der Waals surface area contributed by atoms with Crippen LogP contribution in [0.1, 0.15) is 23.2 Å². The third kappa shape index (κ3) is 2.44. The molecule has 1 amide bonds. The Balaban J connectivity index is 2.19. The van der Waals surface area contributed by atoms with Gasteiger partial charge >= 0.3 is 5.69 Å². The first-order valence-electron chi connectivity index (χ1n) is 5.41. The Kier molecular flexibility index (Phi) is 3.49. The second-order valence-electron chi connectivity index (χ2n) is 4.19. The van der Waals surface area contributed by atoms with Crippen LogP contribution in [0.2, 0.25) is 5.02 Å². The monoisotopic (exact) mass is 270 g/mol. The lowest BCUT2D eigenvalue weighted by molar-refractivity contribution is -0.385. The van der Waals surface area contributed by atoms with Crippen molar-refractivity contribution < 1.29 is 14.8 Å². The Morgan fingerprint density at radius 2 is 2.17 bits per heavy atom. The Labute approximate surface area is 108 Å². The van der Waals surface area contributed by atoms with E-state index in [2.05, 4.69) is 5.32 Å². The number of nitrogens with zero attached hydrogens (tertiary/aromatic N) is 1. The molecule has 2 rings (SSSR count). The average molecular weight is 271 g/mol. The molecular formula is C11H11ClN2O4. The SMILES string of the molecule is O=C(NC1CC(O)C1)c1cccc(Cl)c1[N+](=O)[O-]. The fourth-order valence-corrected chi connectivity index (χ4v) is 2.10. The molecule has 2 N–H and O–H groups in total. The van der Waals surface area contributed by atoms with E-state index in [9.17, 15) is 14.9 Å². The largest absolute Gasteiger partial charge is 0.393 e. The van der Waals surface area contributed by atoms with Crippen molar-refractivity contribution in [3.05, 3.63) is 38.9 Å². The maximum Gasteiger partial charge on any atom is 0.300 e. The van der Waals surface area contributed by atoms with Gasteiger partial charge in [0.15, 0.2) is 0 Å². The van der Waals surface area contributed by atoms with Crippen LogP contribution >= 0.6 is 11.6 Å². The van der Waals surface area contributed by atoms with Crippen LogP contribution in [0.3, 0.4) is 0 Å². The predicted molar refractivity (Wildman–Crippen MR) is 64.6 cm³/mol. The highest BCUT2D eigenvalue weighted by atomic mass is 35.5. The van der Waals surface area contributed by atoms with Crippen molar-refractivity contribution in [2.24, 2.45) is 0 Å². The van der Waals surface area contributed by atoms with Crippen molar-refractivity contribution >= 4 is 23.2 Å². The lowest BCUT2D eigenvalue weighted by Gasteiger charge is -2.31. The summed E-state index contributed by atoms with van der Waals surface area (Å²) in [5, 5.41) is 22.5. The number of aliphatic hydroxyl groups is 1. The van der Waals surface area contributed by atoms with Crippen molar-refractivity contribution in [1.29, 1.82) is 0 Å². The third-order valence-electron chi connectivity index (χ3n) is 2.86. The smallest absolute Gasteiger partial charge is 0.300 e. The van der Waals surface area contributed by atoms with Crippen molar-refractivity contribution in [3.63, 3.8) is 0 Å². The summed E-state index contributed by atoms with van der Waals surface area (Å²) < 4.78 is 0. The number of hydrogen-bond donors (Lipinski definition) is 2. The van der Waals surface area contributed by atoms with E-state index < -0.39 is 22.6 Å². The second-order valence-corrected chi connectivity index (χ2v) is 4.60. The number of carbonyl (C=O) groups is 1. The quantitative estimate of drug-likeness (QED) is 0.643. The maximum atomic E-state index is 11.9. The minimum atomic E-state index is -0.674. The van der Waals surface area contributed by atoms with Gasteiger partial charge in [-0.1, -0.05) is 17.7 Å². The molecular weight excluding hydrogens is 260 g/mol. The molecule has 1 saturated carbocycles. The molecule has 0 saturated heterocycles. The summed E-state index contributed by atoms with van der Waals surface area (Å²) in [6.07, 6.45) is 0.546. The summed E-state index contributed by atoms with van der Waals surface area (Å²) in [7, 11) is 0. The summed E-state index contributed by atoms with van der Waals surface area (Å²) in [4.78, 5) is 22.1. The average Bonchev–Trinajstić information content (AvgIpc) is 2.26. The first-order valence-corrected chi connectivity index (χ1v) is 5.78. The normalized spacial score (nSPS) is 22.1. The van der Waals surface area contributed by atoms with E-state index in [4.69, 9.17) is 16.7 Å². The highest BCUT2D eigenvalue weighted by Gasteiger charge is 2.31. The molecule has 1 fully saturated rings. The van der Waals surface area contributed by atoms with Crippen LogP contribution in [0, 0.1) is 10.1 Å². The van der Waals surface area contributed by atoms with E-state index in [0.29, 0.717) is 12.8 Å². The van der Waals surface area contributed by atoms with Gasteiger partial charge in [-0.3, -0.25) is 14.9 Å². The highest BCUT2D eigenvalue weighted by molar-refractivity contribution is 6.33. The number of nitrogens with one attached hydrogen (secondary N) is 1. The minimum absolute atomic E-state index is 0.0612. The number of nitro benzene ring substituents is 1. The van der Waals surface area contributed by atoms with Crippen molar-refractivity contribution in [2.75, 3.05) is 0 Å². The van der Waals surface area contributed by atoms with Crippen LogP contribution in [0.25, 0.3) is 0 Å². The van der Waals surface area contributed by atoms with E-state index >= 15 is 0 Å². The van der Waals surface area contributed by atoms with E-state index in [-0.39, 0.29) is 16.6 Å². The minimum Gasteiger partial charge on any atom is -0.393 e. The van der Waals surface area contributed by atoms with Gasteiger partial charge in [0.05, 0.1) is 11.0 Å². The van der Waals surface area contributed by atoms with Gasteiger partial charge in [-0.25, -0.2) is 0 Å². The lowest BCUT2D eigenvalue weighted by atomic mass is 9.89. The summed E-state index contributed by atoms with van der Waals surface area (Å²) in [5.41, 5.74) is -0.453. The van der Waals surface area contributed by atoms with E-state index in [1.54, 1.807) is 0 Å². The molecule has 96 valence electrons. The summed E-state index contributed by atoms with van der Waals surface area (Å²) >= 11 is 5.71. The molecule has 0 heterocycles.